The summed E-state index contributed by atoms with van der Waals surface area (Å²) >= 11 is 0. The molecule has 0 radical (unpaired) electrons. The third kappa shape index (κ3) is 3.75. The van der Waals surface area contributed by atoms with Gasteiger partial charge in [0.2, 0.25) is 0 Å². The van der Waals surface area contributed by atoms with Gasteiger partial charge in [0.05, 0.1) is 7.11 Å². The van der Waals surface area contributed by atoms with E-state index in [4.69, 9.17) is 4.74 Å². The SMILES string of the molecule is COc1ccc(N(c2ccccc2)c2nc(=O)n(C)cc2-c2ccccc2)cc1. The highest BCUT2D eigenvalue weighted by Gasteiger charge is 2.20. The molecule has 0 bridgehead atoms. The second kappa shape index (κ2) is 8.02. The first-order valence-electron chi connectivity index (χ1n) is 9.29. The van der Waals surface area contributed by atoms with Crippen molar-refractivity contribution in [3.63, 3.8) is 0 Å². The van der Waals surface area contributed by atoms with Crippen LogP contribution in [-0.2, 0) is 7.05 Å². The standard InChI is InChI=1S/C24H21N3O2/c1-26-17-22(18-9-5-3-6-10-18)23(25-24(26)28)27(19-11-7-4-8-12-19)20-13-15-21(29-2)16-14-20/h3-17H,1-2H3. The van der Waals surface area contributed by atoms with Gasteiger partial charge in [-0.05, 0) is 42.0 Å². The summed E-state index contributed by atoms with van der Waals surface area (Å²) in [4.78, 5) is 18.9. The highest BCUT2D eigenvalue weighted by atomic mass is 16.5. The summed E-state index contributed by atoms with van der Waals surface area (Å²) in [5.74, 6) is 1.35. The number of benzene rings is 3. The van der Waals surface area contributed by atoms with Crippen LogP contribution >= 0.6 is 0 Å². The zero-order valence-electron chi connectivity index (χ0n) is 16.3. The first kappa shape index (κ1) is 18.5. The minimum atomic E-state index is -0.311. The molecule has 144 valence electrons. The van der Waals surface area contributed by atoms with Gasteiger partial charge in [-0.2, -0.15) is 4.98 Å². The van der Waals surface area contributed by atoms with Crippen molar-refractivity contribution in [1.82, 2.24) is 9.55 Å². The molecule has 4 rings (SSSR count). The van der Waals surface area contributed by atoms with E-state index in [1.165, 1.54) is 4.57 Å². The molecule has 1 heterocycles. The summed E-state index contributed by atoms with van der Waals surface area (Å²) in [6.07, 6.45) is 1.83. The highest BCUT2D eigenvalue weighted by molar-refractivity contribution is 5.85. The van der Waals surface area contributed by atoms with E-state index in [-0.39, 0.29) is 5.69 Å². The maximum Gasteiger partial charge on any atom is 0.349 e. The quantitative estimate of drug-likeness (QED) is 0.490. The van der Waals surface area contributed by atoms with Crippen LogP contribution in [0.1, 0.15) is 0 Å². The zero-order valence-corrected chi connectivity index (χ0v) is 16.3. The molecular weight excluding hydrogens is 362 g/mol. The van der Waals surface area contributed by atoms with Crippen molar-refractivity contribution in [2.24, 2.45) is 7.05 Å². The van der Waals surface area contributed by atoms with Gasteiger partial charge in [-0.1, -0.05) is 48.5 Å². The van der Waals surface area contributed by atoms with Gasteiger partial charge < -0.3 is 9.30 Å². The molecule has 0 N–H and O–H groups in total. The van der Waals surface area contributed by atoms with Gasteiger partial charge in [0.15, 0.2) is 5.82 Å². The van der Waals surface area contributed by atoms with Crippen LogP contribution in [0.3, 0.4) is 0 Å². The summed E-state index contributed by atoms with van der Waals surface area (Å²) in [7, 11) is 3.35. The average molecular weight is 383 g/mol. The number of methoxy groups -OCH3 is 1. The van der Waals surface area contributed by atoms with E-state index in [2.05, 4.69) is 4.98 Å². The zero-order chi connectivity index (χ0) is 20.2. The lowest BCUT2D eigenvalue weighted by atomic mass is 10.1. The van der Waals surface area contributed by atoms with Crippen LogP contribution < -0.4 is 15.3 Å². The third-order valence-electron chi connectivity index (χ3n) is 4.71. The third-order valence-corrected chi connectivity index (χ3v) is 4.71. The Morgan fingerprint density at radius 1 is 0.828 bits per heavy atom. The molecule has 0 saturated carbocycles. The number of rotatable bonds is 5. The molecule has 0 fully saturated rings. The fraction of sp³-hybridized carbons (Fsp3) is 0.0833. The smallest absolute Gasteiger partial charge is 0.349 e. The Morgan fingerprint density at radius 2 is 1.41 bits per heavy atom. The van der Waals surface area contributed by atoms with Gasteiger partial charge in [-0.15, -0.1) is 0 Å². The lowest BCUT2D eigenvalue weighted by Gasteiger charge is -2.26. The molecule has 3 aromatic carbocycles. The molecule has 0 aliphatic heterocycles. The second-order valence-corrected chi connectivity index (χ2v) is 6.61. The Balaban J connectivity index is 1.98. The van der Waals surface area contributed by atoms with Gasteiger partial charge in [0.1, 0.15) is 5.75 Å². The molecule has 0 spiro atoms. The monoisotopic (exact) mass is 383 g/mol. The minimum absolute atomic E-state index is 0.311. The van der Waals surface area contributed by atoms with Crippen molar-refractivity contribution in [2.75, 3.05) is 12.0 Å². The van der Waals surface area contributed by atoms with Gasteiger partial charge in [0.25, 0.3) is 0 Å². The van der Waals surface area contributed by atoms with E-state index in [0.29, 0.717) is 5.82 Å². The van der Waals surface area contributed by atoms with Crippen LogP contribution in [0, 0.1) is 0 Å². The Kier molecular flexibility index (Phi) is 5.12. The van der Waals surface area contributed by atoms with Crippen LogP contribution in [-0.4, -0.2) is 16.7 Å². The van der Waals surface area contributed by atoms with E-state index in [1.807, 2.05) is 96.0 Å². The average Bonchev–Trinajstić information content (AvgIpc) is 2.78. The van der Waals surface area contributed by atoms with Crippen molar-refractivity contribution in [1.29, 1.82) is 0 Å². The summed E-state index contributed by atoms with van der Waals surface area (Å²) in [5.41, 5.74) is 3.34. The Bertz CT molecular complexity index is 1150. The maximum atomic E-state index is 12.5. The summed E-state index contributed by atoms with van der Waals surface area (Å²) in [6, 6.07) is 27.6. The van der Waals surface area contributed by atoms with Crippen LogP contribution in [0.5, 0.6) is 5.75 Å². The predicted octanol–water partition coefficient (Wildman–Crippen LogP) is 4.93. The molecule has 5 heteroatoms. The number of nitrogens with zero attached hydrogens (tertiary/aromatic N) is 3. The van der Waals surface area contributed by atoms with Crippen molar-refractivity contribution in [3.05, 3.63) is 102 Å². The van der Waals surface area contributed by atoms with Crippen molar-refractivity contribution < 1.29 is 4.74 Å². The maximum absolute atomic E-state index is 12.5. The Labute approximate surface area is 169 Å². The van der Waals surface area contributed by atoms with Crippen molar-refractivity contribution >= 4 is 17.2 Å². The minimum Gasteiger partial charge on any atom is -0.497 e. The first-order valence-corrected chi connectivity index (χ1v) is 9.29. The van der Waals surface area contributed by atoms with E-state index in [1.54, 1.807) is 14.2 Å². The number of hydrogen-bond acceptors (Lipinski definition) is 4. The molecular formula is C24H21N3O2. The van der Waals surface area contributed by atoms with E-state index in [0.717, 1.165) is 28.3 Å². The second-order valence-electron chi connectivity index (χ2n) is 6.61. The number of hydrogen-bond donors (Lipinski definition) is 0. The summed E-state index contributed by atoms with van der Waals surface area (Å²) in [5, 5.41) is 0. The highest BCUT2D eigenvalue weighted by Crippen LogP contribution is 2.38. The van der Waals surface area contributed by atoms with Crippen LogP contribution in [0.4, 0.5) is 17.2 Å². The van der Waals surface area contributed by atoms with Gasteiger partial charge in [-0.3, -0.25) is 4.90 Å². The van der Waals surface area contributed by atoms with Gasteiger partial charge >= 0.3 is 5.69 Å². The first-order chi connectivity index (χ1) is 14.2. The van der Waals surface area contributed by atoms with Crippen LogP contribution in [0.2, 0.25) is 0 Å². The molecule has 0 unspecified atom stereocenters. The molecule has 1 aromatic heterocycles. The number of aryl methyl sites for hydroxylation is 1. The fourth-order valence-corrected chi connectivity index (χ4v) is 3.23. The number of ether oxygens (including phenoxy) is 1. The molecule has 29 heavy (non-hydrogen) atoms. The van der Waals surface area contributed by atoms with Crippen LogP contribution in [0.25, 0.3) is 11.1 Å². The molecule has 0 aliphatic carbocycles. The largest absolute Gasteiger partial charge is 0.497 e. The van der Waals surface area contributed by atoms with Gasteiger partial charge in [0, 0.05) is 30.2 Å². The molecule has 0 amide bonds. The number of para-hydroxylation sites is 1. The normalized spacial score (nSPS) is 10.6. The van der Waals surface area contributed by atoms with Gasteiger partial charge in [-0.25, -0.2) is 4.79 Å². The van der Waals surface area contributed by atoms with Crippen LogP contribution in [0.15, 0.2) is 95.9 Å². The summed E-state index contributed by atoms with van der Waals surface area (Å²) in [6.45, 7) is 0. The summed E-state index contributed by atoms with van der Waals surface area (Å²) < 4.78 is 6.80. The molecule has 5 nitrogen and oxygen atoms in total. The van der Waals surface area contributed by atoms with E-state index in [9.17, 15) is 4.79 Å². The topological polar surface area (TPSA) is 47.4 Å². The molecule has 4 aromatic rings. The van der Waals surface area contributed by atoms with Crippen molar-refractivity contribution in [2.45, 2.75) is 0 Å². The lowest BCUT2D eigenvalue weighted by Crippen LogP contribution is -2.24. The number of anilines is 3. The molecule has 0 saturated heterocycles. The fourth-order valence-electron chi connectivity index (χ4n) is 3.23. The van der Waals surface area contributed by atoms with E-state index < -0.39 is 0 Å². The number of aromatic nitrogens is 2. The van der Waals surface area contributed by atoms with Crippen molar-refractivity contribution in [3.8, 4) is 16.9 Å². The van der Waals surface area contributed by atoms with E-state index >= 15 is 0 Å². The predicted molar refractivity (Wildman–Crippen MR) is 116 cm³/mol. The molecule has 0 aliphatic rings. The Morgan fingerprint density at radius 3 is 2.03 bits per heavy atom. The lowest BCUT2D eigenvalue weighted by molar-refractivity contribution is 0.415. The molecule has 0 atom stereocenters. The Hall–Kier alpha value is -3.86.